The lowest BCUT2D eigenvalue weighted by atomic mass is 10.0. The first-order chi connectivity index (χ1) is 19.3. The first-order valence-corrected chi connectivity index (χ1v) is 12.9. The average Bonchev–Trinajstić information content (AvgIpc) is 3.45. The minimum Gasteiger partial charge on any atom is -0.489 e. The fourth-order valence-corrected chi connectivity index (χ4v) is 4.70. The molecule has 4 aromatic rings. The maximum atomic E-state index is 13.3. The van der Waals surface area contributed by atoms with Crippen LogP contribution in [0, 0.1) is 5.41 Å². The molecule has 1 heterocycles. The molecule has 0 bridgehead atoms. The monoisotopic (exact) mass is 547 g/mol. The molecule has 4 N–H and O–H groups in total. The summed E-state index contributed by atoms with van der Waals surface area (Å²) in [6.45, 7) is -0.236. The summed E-state index contributed by atoms with van der Waals surface area (Å²) in [7, 11) is 0. The van der Waals surface area contributed by atoms with Crippen LogP contribution in [0.2, 0.25) is 0 Å². The highest BCUT2D eigenvalue weighted by Crippen LogP contribution is 2.33. The van der Waals surface area contributed by atoms with Crippen molar-refractivity contribution in [2.45, 2.75) is 44.5 Å². The van der Waals surface area contributed by atoms with Crippen LogP contribution in [-0.2, 0) is 12.8 Å². The van der Waals surface area contributed by atoms with Crippen LogP contribution in [-0.4, -0.2) is 21.7 Å². The fraction of sp³-hybridized carbons (Fsp3) is 0.233. The van der Waals surface area contributed by atoms with Crippen LogP contribution in [0.4, 0.5) is 24.8 Å². The third kappa shape index (κ3) is 6.33. The second-order valence-corrected chi connectivity index (χ2v) is 9.53. The molecule has 1 fully saturated rings. The van der Waals surface area contributed by atoms with E-state index in [2.05, 4.69) is 15.3 Å². The zero-order chi connectivity index (χ0) is 28.1. The van der Waals surface area contributed by atoms with E-state index < -0.39 is 11.7 Å². The quantitative estimate of drug-likeness (QED) is 0.191. The second kappa shape index (κ2) is 11.6. The van der Waals surface area contributed by atoms with E-state index in [-0.39, 0.29) is 23.7 Å². The van der Waals surface area contributed by atoms with Gasteiger partial charge < -0.3 is 20.5 Å². The van der Waals surface area contributed by atoms with Gasteiger partial charge in [0.15, 0.2) is 0 Å². The Labute approximate surface area is 229 Å². The number of aromatic nitrogens is 2. The molecule has 1 saturated carbocycles. The van der Waals surface area contributed by atoms with Crippen molar-refractivity contribution in [3.8, 4) is 17.2 Å². The summed E-state index contributed by atoms with van der Waals surface area (Å²) in [5.41, 5.74) is 6.74. The van der Waals surface area contributed by atoms with Crippen LogP contribution in [0.1, 0.15) is 47.9 Å². The zero-order valence-electron chi connectivity index (χ0n) is 21.5. The van der Waals surface area contributed by atoms with Gasteiger partial charge in [0.1, 0.15) is 41.8 Å². The predicted molar refractivity (Wildman–Crippen MR) is 147 cm³/mol. The van der Waals surface area contributed by atoms with Gasteiger partial charge in [0.25, 0.3) is 0 Å². The molecular formula is C30H28F3N5O2. The van der Waals surface area contributed by atoms with Gasteiger partial charge in [-0.3, -0.25) is 5.41 Å². The van der Waals surface area contributed by atoms with Gasteiger partial charge in [-0.15, -0.1) is 0 Å². The first kappa shape index (κ1) is 27.0. The Bertz CT molecular complexity index is 1490. The lowest BCUT2D eigenvalue weighted by molar-refractivity contribution is -0.138. The number of nitrogen functional groups attached to an aromatic ring is 1. The first-order valence-electron chi connectivity index (χ1n) is 12.9. The summed E-state index contributed by atoms with van der Waals surface area (Å²) in [4.78, 5) is 8.43. The van der Waals surface area contributed by atoms with Gasteiger partial charge in [0.2, 0.25) is 0 Å². The zero-order valence-corrected chi connectivity index (χ0v) is 21.5. The van der Waals surface area contributed by atoms with Crippen LogP contribution in [0.15, 0.2) is 79.1 Å². The third-order valence-corrected chi connectivity index (χ3v) is 6.72. The smallest absolute Gasteiger partial charge is 0.416 e. The van der Waals surface area contributed by atoms with E-state index in [0.29, 0.717) is 40.2 Å². The van der Waals surface area contributed by atoms with Gasteiger partial charge in [-0.1, -0.05) is 37.1 Å². The van der Waals surface area contributed by atoms with Crippen molar-refractivity contribution >= 4 is 17.3 Å². The fourth-order valence-electron chi connectivity index (χ4n) is 4.70. The Kier molecular flexibility index (Phi) is 7.86. The third-order valence-electron chi connectivity index (χ3n) is 6.72. The summed E-state index contributed by atoms with van der Waals surface area (Å²) < 4.78 is 51.4. The Morgan fingerprint density at radius 3 is 2.40 bits per heavy atom. The van der Waals surface area contributed by atoms with E-state index >= 15 is 0 Å². The molecule has 3 aromatic carbocycles. The van der Waals surface area contributed by atoms with Gasteiger partial charge in [0, 0.05) is 23.2 Å². The molecule has 7 nitrogen and oxygen atoms in total. The normalized spacial score (nSPS) is 13.7. The number of alkyl halides is 3. The Morgan fingerprint density at radius 1 is 0.925 bits per heavy atom. The number of nitrogens with two attached hydrogens (primary N) is 1. The SMILES string of the molecule is N=C(c1ccc(Oc2cccc(OCc3ccccc3C(F)(F)F)c2)cc1)c1c(N)ncnc1NC1CCCC1. The summed E-state index contributed by atoms with van der Waals surface area (Å²) in [5, 5.41) is 12.2. The number of benzene rings is 3. The molecule has 1 aliphatic carbocycles. The molecule has 0 unspecified atom stereocenters. The van der Waals surface area contributed by atoms with E-state index in [4.69, 9.17) is 20.6 Å². The standard InChI is InChI=1S/C30H28F3N5O2/c31-30(32,33)25-11-4-1-6-20(25)17-39-23-9-5-10-24(16-23)40-22-14-12-19(13-15-22)27(34)26-28(35)36-18-37-29(26)38-21-7-2-3-8-21/h1,4-6,9-16,18,21,34H,2-3,7-8,17H2,(H3,35,36,37,38). The van der Waals surface area contributed by atoms with Crippen LogP contribution < -0.4 is 20.5 Å². The number of ether oxygens (including phenoxy) is 2. The number of nitrogens with one attached hydrogen (secondary N) is 2. The van der Waals surface area contributed by atoms with Crippen LogP contribution in [0.5, 0.6) is 17.2 Å². The predicted octanol–water partition coefficient (Wildman–Crippen LogP) is 7.22. The van der Waals surface area contributed by atoms with E-state index in [0.717, 1.165) is 31.7 Å². The van der Waals surface area contributed by atoms with Crippen molar-refractivity contribution in [1.82, 2.24) is 9.97 Å². The van der Waals surface area contributed by atoms with Crippen LogP contribution in [0.25, 0.3) is 0 Å². The maximum absolute atomic E-state index is 13.3. The average molecular weight is 548 g/mol. The van der Waals surface area contributed by atoms with Crippen molar-refractivity contribution < 1.29 is 22.6 Å². The molecule has 1 aromatic heterocycles. The number of rotatable bonds is 9. The molecule has 40 heavy (non-hydrogen) atoms. The van der Waals surface area contributed by atoms with Gasteiger partial charge in [-0.05, 0) is 55.3 Å². The highest BCUT2D eigenvalue weighted by Gasteiger charge is 2.33. The summed E-state index contributed by atoms with van der Waals surface area (Å²) in [6.07, 6.45) is 1.36. The molecule has 0 saturated heterocycles. The molecule has 0 spiro atoms. The van der Waals surface area contributed by atoms with E-state index in [1.54, 1.807) is 54.6 Å². The van der Waals surface area contributed by atoms with E-state index in [9.17, 15) is 13.2 Å². The maximum Gasteiger partial charge on any atom is 0.416 e. The lowest BCUT2D eigenvalue weighted by Gasteiger charge is -2.17. The van der Waals surface area contributed by atoms with Gasteiger partial charge in [-0.25, -0.2) is 9.97 Å². The minimum atomic E-state index is -4.46. The molecule has 0 aliphatic heterocycles. The van der Waals surface area contributed by atoms with Crippen molar-refractivity contribution in [3.05, 3.63) is 101 Å². The Hall–Kier alpha value is -4.60. The topological polar surface area (TPSA) is 106 Å². The minimum absolute atomic E-state index is 0.0467. The van der Waals surface area contributed by atoms with E-state index in [1.807, 2.05) is 0 Å². The molecule has 0 amide bonds. The Morgan fingerprint density at radius 2 is 1.65 bits per heavy atom. The second-order valence-electron chi connectivity index (χ2n) is 9.53. The van der Waals surface area contributed by atoms with Gasteiger partial charge >= 0.3 is 6.18 Å². The molecule has 5 rings (SSSR count). The molecule has 206 valence electrons. The van der Waals surface area contributed by atoms with E-state index in [1.165, 1.54) is 18.5 Å². The van der Waals surface area contributed by atoms with Crippen LogP contribution >= 0.6 is 0 Å². The summed E-state index contributed by atoms with van der Waals surface area (Å²) in [5.74, 6) is 2.12. The van der Waals surface area contributed by atoms with Crippen LogP contribution in [0.3, 0.4) is 0 Å². The lowest BCUT2D eigenvalue weighted by Crippen LogP contribution is -2.20. The number of halogens is 3. The molecule has 10 heteroatoms. The summed E-state index contributed by atoms with van der Waals surface area (Å²) in [6, 6.07) is 19.2. The molecule has 0 atom stereocenters. The molecule has 0 radical (unpaired) electrons. The van der Waals surface area contributed by atoms with Crippen molar-refractivity contribution in [2.75, 3.05) is 11.1 Å². The van der Waals surface area contributed by atoms with Crippen molar-refractivity contribution in [2.24, 2.45) is 0 Å². The van der Waals surface area contributed by atoms with Gasteiger partial charge in [0.05, 0.1) is 16.8 Å². The molecule has 1 aliphatic rings. The molecular weight excluding hydrogens is 519 g/mol. The highest BCUT2D eigenvalue weighted by molar-refractivity contribution is 6.16. The van der Waals surface area contributed by atoms with Crippen molar-refractivity contribution in [1.29, 1.82) is 5.41 Å². The largest absolute Gasteiger partial charge is 0.489 e. The highest BCUT2D eigenvalue weighted by atomic mass is 19.4. The van der Waals surface area contributed by atoms with Gasteiger partial charge in [-0.2, -0.15) is 13.2 Å². The van der Waals surface area contributed by atoms with Crippen molar-refractivity contribution in [3.63, 3.8) is 0 Å². The number of anilines is 2. The number of nitrogens with zero attached hydrogens (tertiary/aromatic N) is 2. The summed E-state index contributed by atoms with van der Waals surface area (Å²) >= 11 is 0. The number of hydrogen-bond donors (Lipinski definition) is 3. The Balaban J connectivity index is 1.26. The number of hydrogen-bond acceptors (Lipinski definition) is 7.